The van der Waals surface area contributed by atoms with Crippen molar-refractivity contribution in [2.75, 3.05) is 13.1 Å². The SMILES string of the molecule is Cc1nc(C2CCN(C(=O)C3CCCC3)C2)nc(C)c1CC(=O)NCc1ccc(F)cc1. The number of aryl methyl sites for hydroxylation is 2. The number of aromatic nitrogens is 2. The van der Waals surface area contributed by atoms with E-state index in [1.54, 1.807) is 12.1 Å². The number of hydrogen-bond donors (Lipinski definition) is 1. The minimum absolute atomic E-state index is 0.119. The van der Waals surface area contributed by atoms with Crippen LogP contribution in [0.5, 0.6) is 0 Å². The molecule has 1 atom stereocenters. The lowest BCUT2D eigenvalue weighted by Gasteiger charge is -2.20. The minimum atomic E-state index is -0.295. The van der Waals surface area contributed by atoms with Crippen LogP contribution in [0.3, 0.4) is 0 Å². The molecule has 1 unspecified atom stereocenters. The summed E-state index contributed by atoms with van der Waals surface area (Å²) in [7, 11) is 0. The Morgan fingerprint density at radius 2 is 1.72 bits per heavy atom. The van der Waals surface area contributed by atoms with Gasteiger partial charge in [0.2, 0.25) is 11.8 Å². The molecular formula is C25H31FN4O2. The first-order valence-electron chi connectivity index (χ1n) is 11.5. The van der Waals surface area contributed by atoms with Crippen molar-refractivity contribution >= 4 is 11.8 Å². The number of halogens is 1. The van der Waals surface area contributed by atoms with Crippen molar-refractivity contribution in [2.24, 2.45) is 5.92 Å². The van der Waals surface area contributed by atoms with E-state index in [-0.39, 0.29) is 30.0 Å². The first-order valence-corrected chi connectivity index (χ1v) is 11.5. The number of nitrogens with one attached hydrogen (secondary N) is 1. The molecule has 4 rings (SSSR count). The van der Waals surface area contributed by atoms with Gasteiger partial charge in [0.1, 0.15) is 11.6 Å². The van der Waals surface area contributed by atoms with Gasteiger partial charge in [-0.05, 0) is 50.8 Å². The molecule has 170 valence electrons. The Morgan fingerprint density at radius 3 is 2.38 bits per heavy atom. The number of amides is 2. The summed E-state index contributed by atoms with van der Waals surface area (Å²) in [4.78, 5) is 36.6. The van der Waals surface area contributed by atoms with Crippen molar-refractivity contribution in [3.8, 4) is 0 Å². The highest BCUT2D eigenvalue weighted by atomic mass is 19.1. The van der Waals surface area contributed by atoms with Crippen LogP contribution < -0.4 is 5.32 Å². The van der Waals surface area contributed by atoms with Crippen LogP contribution in [0.25, 0.3) is 0 Å². The van der Waals surface area contributed by atoms with Crippen LogP contribution in [-0.4, -0.2) is 39.8 Å². The van der Waals surface area contributed by atoms with Gasteiger partial charge in [0, 0.05) is 48.4 Å². The molecule has 1 N–H and O–H groups in total. The zero-order valence-electron chi connectivity index (χ0n) is 18.9. The number of benzene rings is 1. The molecule has 2 aliphatic rings. The molecule has 2 aromatic rings. The Kier molecular flexibility index (Phi) is 6.82. The van der Waals surface area contributed by atoms with Gasteiger partial charge >= 0.3 is 0 Å². The summed E-state index contributed by atoms with van der Waals surface area (Å²) in [6.07, 6.45) is 5.45. The molecule has 2 fully saturated rings. The van der Waals surface area contributed by atoms with Gasteiger partial charge in [-0.15, -0.1) is 0 Å². The fourth-order valence-corrected chi connectivity index (χ4v) is 4.83. The van der Waals surface area contributed by atoms with Crippen LogP contribution in [0.15, 0.2) is 24.3 Å². The lowest BCUT2D eigenvalue weighted by molar-refractivity contribution is -0.134. The molecule has 6 nitrogen and oxygen atoms in total. The number of carbonyl (C=O) groups excluding carboxylic acids is 2. The molecule has 0 spiro atoms. The molecular weight excluding hydrogens is 407 g/mol. The van der Waals surface area contributed by atoms with Crippen molar-refractivity contribution in [2.45, 2.75) is 64.8 Å². The molecule has 1 saturated heterocycles. The highest BCUT2D eigenvalue weighted by molar-refractivity contribution is 5.80. The highest BCUT2D eigenvalue weighted by Gasteiger charge is 2.34. The first-order chi connectivity index (χ1) is 15.4. The van der Waals surface area contributed by atoms with Gasteiger partial charge in [-0.25, -0.2) is 14.4 Å². The summed E-state index contributed by atoms with van der Waals surface area (Å²) in [5.41, 5.74) is 3.30. The normalized spacial score (nSPS) is 18.8. The molecule has 1 aromatic heterocycles. The van der Waals surface area contributed by atoms with Crippen molar-refractivity contribution < 1.29 is 14.0 Å². The van der Waals surface area contributed by atoms with Crippen molar-refractivity contribution in [1.29, 1.82) is 0 Å². The summed E-state index contributed by atoms with van der Waals surface area (Å²) in [6, 6.07) is 6.08. The lowest BCUT2D eigenvalue weighted by atomic mass is 10.0. The van der Waals surface area contributed by atoms with Gasteiger partial charge in [-0.1, -0.05) is 25.0 Å². The topological polar surface area (TPSA) is 75.2 Å². The Labute approximate surface area is 188 Å². The second-order valence-electron chi connectivity index (χ2n) is 9.06. The van der Waals surface area contributed by atoms with E-state index in [0.29, 0.717) is 19.0 Å². The minimum Gasteiger partial charge on any atom is -0.352 e. The molecule has 0 bridgehead atoms. The Hall–Kier alpha value is -2.83. The van der Waals surface area contributed by atoms with Crippen molar-refractivity contribution in [1.82, 2.24) is 20.2 Å². The molecule has 7 heteroatoms. The average molecular weight is 439 g/mol. The smallest absolute Gasteiger partial charge is 0.225 e. The maximum Gasteiger partial charge on any atom is 0.225 e. The van der Waals surface area contributed by atoms with Crippen molar-refractivity contribution in [3.05, 3.63) is 58.4 Å². The molecule has 1 aromatic carbocycles. The quantitative estimate of drug-likeness (QED) is 0.748. The molecule has 1 aliphatic heterocycles. The van der Waals surface area contributed by atoms with Crippen LogP contribution in [0, 0.1) is 25.6 Å². The Morgan fingerprint density at radius 1 is 1.06 bits per heavy atom. The lowest BCUT2D eigenvalue weighted by Crippen LogP contribution is -2.33. The molecule has 0 radical (unpaired) electrons. The van der Waals surface area contributed by atoms with Gasteiger partial charge in [0.05, 0.1) is 6.42 Å². The van der Waals surface area contributed by atoms with E-state index in [4.69, 9.17) is 9.97 Å². The summed E-state index contributed by atoms with van der Waals surface area (Å²) >= 11 is 0. The van der Waals surface area contributed by atoms with E-state index in [1.165, 1.54) is 12.1 Å². The van der Waals surface area contributed by atoms with Crippen molar-refractivity contribution in [3.63, 3.8) is 0 Å². The maximum absolute atomic E-state index is 13.0. The van der Waals surface area contributed by atoms with Crippen LogP contribution in [0.1, 0.15) is 66.4 Å². The van der Waals surface area contributed by atoms with E-state index >= 15 is 0 Å². The number of hydrogen-bond acceptors (Lipinski definition) is 4. The Bertz CT molecular complexity index is 963. The largest absolute Gasteiger partial charge is 0.352 e. The predicted molar refractivity (Wildman–Crippen MR) is 119 cm³/mol. The first kappa shape index (κ1) is 22.4. The molecule has 1 saturated carbocycles. The van der Waals surface area contributed by atoms with E-state index in [9.17, 15) is 14.0 Å². The van der Waals surface area contributed by atoms with Crippen LogP contribution >= 0.6 is 0 Å². The fraction of sp³-hybridized carbons (Fsp3) is 0.520. The van der Waals surface area contributed by atoms with Gasteiger partial charge in [-0.3, -0.25) is 9.59 Å². The standard InChI is InChI=1S/C25H31FN4O2/c1-16-22(13-23(31)27-14-18-7-9-21(26)10-8-18)17(2)29-24(28-16)20-11-12-30(15-20)25(32)19-5-3-4-6-19/h7-10,19-20H,3-6,11-15H2,1-2H3,(H,27,31). The van der Waals surface area contributed by atoms with Crippen LogP contribution in [-0.2, 0) is 22.6 Å². The van der Waals surface area contributed by atoms with Gasteiger partial charge < -0.3 is 10.2 Å². The third-order valence-corrected chi connectivity index (χ3v) is 6.75. The second-order valence-corrected chi connectivity index (χ2v) is 9.06. The van der Waals surface area contributed by atoms with Gasteiger partial charge in [0.25, 0.3) is 0 Å². The van der Waals surface area contributed by atoms with E-state index < -0.39 is 0 Å². The van der Waals surface area contributed by atoms with Crippen LogP contribution in [0.2, 0.25) is 0 Å². The Balaban J connectivity index is 1.36. The van der Waals surface area contributed by atoms with Gasteiger partial charge in [-0.2, -0.15) is 0 Å². The highest BCUT2D eigenvalue weighted by Crippen LogP contribution is 2.31. The number of rotatable bonds is 6. The summed E-state index contributed by atoms with van der Waals surface area (Å²) in [6.45, 7) is 5.64. The predicted octanol–water partition coefficient (Wildman–Crippen LogP) is 3.60. The number of likely N-dealkylation sites (tertiary alicyclic amines) is 1. The monoisotopic (exact) mass is 438 g/mol. The third-order valence-electron chi connectivity index (χ3n) is 6.75. The zero-order valence-corrected chi connectivity index (χ0v) is 18.9. The van der Waals surface area contributed by atoms with Crippen LogP contribution in [0.4, 0.5) is 4.39 Å². The molecule has 2 amide bonds. The van der Waals surface area contributed by atoms with E-state index in [2.05, 4.69) is 5.32 Å². The van der Waals surface area contributed by atoms with E-state index in [0.717, 1.165) is 67.0 Å². The molecule has 32 heavy (non-hydrogen) atoms. The number of nitrogens with zero attached hydrogens (tertiary/aromatic N) is 3. The number of carbonyl (C=O) groups is 2. The second kappa shape index (κ2) is 9.76. The average Bonchev–Trinajstić information content (AvgIpc) is 3.48. The zero-order chi connectivity index (χ0) is 22.7. The summed E-state index contributed by atoms with van der Waals surface area (Å²) in [5.74, 6) is 1.01. The molecule has 1 aliphatic carbocycles. The summed E-state index contributed by atoms with van der Waals surface area (Å²) in [5, 5.41) is 2.87. The van der Waals surface area contributed by atoms with E-state index in [1.807, 2.05) is 18.7 Å². The molecule has 2 heterocycles. The maximum atomic E-state index is 13.0. The summed E-state index contributed by atoms with van der Waals surface area (Å²) < 4.78 is 13.0. The fourth-order valence-electron chi connectivity index (χ4n) is 4.83. The third kappa shape index (κ3) is 5.14. The van der Waals surface area contributed by atoms with Gasteiger partial charge in [0.15, 0.2) is 0 Å².